The minimum Gasteiger partial charge on any atom is -0.507 e. The van der Waals surface area contributed by atoms with Crippen molar-refractivity contribution in [2.75, 3.05) is 25.0 Å². The van der Waals surface area contributed by atoms with Crippen LogP contribution < -0.4 is 16.0 Å². The van der Waals surface area contributed by atoms with E-state index in [-0.39, 0.29) is 17.4 Å². The van der Waals surface area contributed by atoms with Crippen LogP contribution in [0.25, 0.3) is 0 Å². The molecule has 3 rings (SSSR count). The number of nitrogens with zero attached hydrogens (tertiary/aromatic N) is 1. The molecule has 1 aliphatic carbocycles. The summed E-state index contributed by atoms with van der Waals surface area (Å²) < 4.78 is 0. The molecule has 0 spiro atoms. The van der Waals surface area contributed by atoms with Gasteiger partial charge in [-0.25, -0.2) is 0 Å². The number of rotatable bonds is 9. The molecule has 6 nitrogen and oxygen atoms in total. The first kappa shape index (κ1) is 23.1. The highest BCUT2D eigenvalue weighted by molar-refractivity contribution is 5.95. The summed E-state index contributed by atoms with van der Waals surface area (Å²) in [6.45, 7) is 3.59. The maximum absolute atomic E-state index is 11.5. The third-order valence-corrected chi connectivity index (χ3v) is 6.62. The molecule has 6 heteroatoms. The number of hydrogen-bond acceptors (Lipinski definition) is 5. The molecule has 31 heavy (non-hydrogen) atoms. The summed E-state index contributed by atoms with van der Waals surface area (Å²) in [5, 5.41) is 23.9. The molecule has 0 bridgehead atoms. The van der Waals surface area contributed by atoms with Crippen molar-refractivity contribution in [1.29, 1.82) is 0 Å². The zero-order valence-corrected chi connectivity index (χ0v) is 18.5. The van der Waals surface area contributed by atoms with Crippen molar-refractivity contribution >= 4 is 11.6 Å². The van der Waals surface area contributed by atoms with Gasteiger partial charge in [-0.15, -0.1) is 0 Å². The first-order valence-corrected chi connectivity index (χ1v) is 11.2. The van der Waals surface area contributed by atoms with Crippen LogP contribution >= 0.6 is 0 Å². The van der Waals surface area contributed by atoms with E-state index in [9.17, 15) is 15.0 Å². The second kappa shape index (κ2) is 10.6. The maximum Gasteiger partial charge on any atom is 0.252 e. The van der Waals surface area contributed by atoms with Crippen LogP contribution in [0.1, 0.15) is 54.6 Å². The smallest absolute Gasteiger partial charge is 0.252 e. The number of carbonyl (C=O) groups excluding carboxylic acids is 1. The largest absolute Gasteiger partial charge is 0.507 e. The number of primary amides is 1. The van der Waals surface area contributed by atoms with Crippen LogP contribution in [0.15, 0.2) is 48.5 Å². The Balaban J connectivity index is 1.59. The van der Waals surface area contributed by atoms with Crippen LogP contribution in [-0.4, -0.2) is 42.3 Å². The number of aliphatic hydroxyl groups excluding tert-OH is 1. The third kappa shape index (κ3) is 5.99. The minimum atomic E-state index is -0.782. The molecule has 2 unspecified atom stereocenters. The zero-order chi connectivity index (χ0) is 22.4. The van der Waals surface area contributed by atoms with Gasteiger partial charge in [0.1, 0.15) is 5.75 Å². The van der Waals surface area contributed by atoms with Crippen molar-refractivity contribution < 1.29 is 15.0 Å². The van der Waals surface area contributed by atoms with Crippen LogP contribution in [-0.2, 0) is 0 Å². The Kier molecular flexibility index (Phi) is 7.93. The Morgan fingerprint density at radius 1 is 1.19 bits per heavy atom. The molecule has 1 aliphatic rings. The Morgan fingerprint density at radius 3 is 2.61 bits per heavy atom. The quantitative estimate of drug-likeness (QED) is 0.493. The summed E-state index contributed by atoms with van der Waals surface area (Å²) in [6.07, 6.45) is 4.13. The molecular weight excluding hydrogens is 390 g/mol. The van der Waals surface area contributed by atoms with E-state index in [0.717, 1.165) is 6.54 Å². The predicted octanol–water partition coefficient (Wildman–Crippen LogP) is 3.45. The van der Waals surface area contributed by atoms with Gasteiger partial charge in [0.15, 0.2) is 0 Å². The van der Waals surface area contributed by atoms with Gasteiger partial charge < -0.3 is 26.2 Å². The second-order valence-corrected chi connectivity index (χ2v) is 8.78. The standard InChI is InChI=1S/C25H35N3O3/c1-17(27-15-24(30)18-12-13-23(29)22(14-18)25(26)31)21-11-7-6-8-19(21)16-28(2)20-9-4-3-5-10-20/h3-5,9-10,12-14,17,19,21,24,27,29-30H,6-8,11,15-16H2,1-2H3,(H2,26,31)/t17?,19-,21-,24?/m0/s1. The van der Waals surface area contributed by atoms with Crippen molar-refractivity contribution in [2.45, 2.75) is 44.8 Å². The predicted molar refractivity (Wildman–Crippen MR) is 124 cm³/mol. The van der Waals surface area contributed by atoms with Gasteiger partial charge in [-0.2, -0.15) is 0 Å². The number of phenols is 1. The van der Waals surface area contributed by atoms with Crippen LogP contribution in [0.4, 0.5) is 5.69 Å². The highest BCUT2D eigenvalue weighted by Crippen LogP contribution is 2.34. The van der Waals surface area contributed by atoms with Gasteiger partial charge in [0.25, 0.3) is 5.91 Å². The van der Waals surface area contributed by atoms with Crippen molar-refractivity contribution in [3.63, 3.8) is 0 Å². The minimum absolute atomic E-state index is 0.0286. The maximum atomic E-state index is 11.5. The van der Waals surface area contributed by atoms with E-state index in [1.807, 2.05) is 6.07 Å². The molecule has 2 aromatic rings. The zero-order valence-electron chi connectivity index (χ0n) is 18.5. The van der Waals surface area contributed by atoms with Gasteiger partial charge in [-0.1, -0.05) is 37.1 Å². The van der Waals surface area contributed by atoms with Gasteiger partial charge >= 0.3 is 0 Å². The molecule has 4 atom stereocenters. The molecule has 0 radical (unpaired) electrons. The molecule has 5 N–H and O–H groups in total. The molecule has 0 aromatic heterocycles. The van der Waals surface area contributed by atoms with Gasteiger partial charge in [-0.05, 0) is 61.4 Å². The SMILES string of the molecule is CC(NCC(O)c1ccc(O)c(C(N)=O)c1)[C@@H]1CCCC[C@H]1CN(C)c1ccccc1. The van der Waals surface area contributed by atoms with Gasteiger partial charge in [0.05, 0.1) is 11.7 Å². The van der Waals surface area contributed by atoms with Crippen LogP contribution in [0, 0.1) is 11.8 Å². The van der Waals surface area contributed by atoms with Crippen LogP contribution in [0.3, 0.4) is 0 Å². The number of carbonyl (C=O) groups is 1. The fourth-order valence-corrected chi connectivity index (χ4v) is 4.79. The fourth-order valence-electron chi connectivity index (χ4n) is 4.79. The molecule has 1 fully saturated rings. The number of nitrogens with one attached hydrogen (secondary N) is 1. The highest BCUT2D eigenvalue weighted by Gasteiger charge is 2.30. The van der Waals surface area contributed by atoms with Crippen LogP contribution in [0.5, 0.6) is 5.75 Å². The van der Waals surface area contributed by atoms with E-state index in [1.165, 1.54) is 43.5 Å². The number of anilines is 1. The lowest BCUT2D eigenvalue weighted by Gasteiger charge is -2.39. The van der Waals surface area contributed by atoms with E-state index in [4.69, 9.17) is 5.73 Å². The summed E-state index contributed by atoms with van der Waals surface area (Å²) in [5.41, 5.74) is 7.13. The first-order chi connectivity index (χ1) is 14.9. The molecule has 2 aromatic carbocycles. The number of benzene rings is 2. The van der Waals surface area contributed by atoms with Gasteiger partial charge in [-0.3, -0.25) is 4.79 Å². The van der Waals surface area contributed by atoms with Crippen LogP contribution in [0.2, 0.25) is 0 Å². The molecule has 0 heterocycles. The Bertz CT molecular complexity index is 858. The highest BCUT2D eigenvalue weighted by atomic mass is 16.3. The first-order valence-electron chi connectivity index (χ1n) is 11.2. The molecule has 0 aliphatic heterocycles. The lowest BCUT2D eigenvalue weighted by molar-refractivity contribution is 0.0997. The summed E-state index contributed by atoms with van der Waals surface area (Å²) in [6, 6.07) is 15.2. The lowest BCUT2D eigenvalue weighted by atomic mass is 9.75. The van der Waals surface area contributed by atoms with Crippen molar-refractivity contribution in [1.82, 2.24) is 5.32 Å². The number of aromatic hydroxyl groups is 1. The summed E-state index contributed by atoms with van der Waals surface area (Å²) in [7, 11) is 2.16. The Morgan fingerprint density at radius 2 is 1.90 bits per heavy atom. The molecule has 1 saturated carbocycles. The van der Waals surface area contributed by atoms with Crippen molar-refractivity contribution in [3.05, 3.63) is 59.7 Å². The van der Waals surface area contributed by atoms with Crippen molar-refractivity contribution in [2.24, 2.45) is 17.6 Å². The number of amides is 1. The third-order valence-electron chi connectivity index (χ3n) is 6.62. The van der Waals surface area contributed by atoms with E-state index >= 15 is 0 Å². The van der Waals surface area contributed by atoms with Crippen molar-refractivity contribution in [3.8, 4) is 5.75 Å². The van der Waals surface area contributed by atoms with Gasteiger partial charge in [0.2, 0.25) is 0 Å². The molecular formula is C25H35N3O3. The molecule has 1 amide bonds. The Labute approximate surface area is 185 Å². The van der Waals surface area contributed by atoms with E-state index < -0.39 is 12.0 Å². The lowest BCUT2D eigenvalue weighted by Crippen LogP contribution is -2.43. The Hall–Kier alpha value is -2.57. The molecule has 168 valence electrons. The van der Waals surface area contributed by atoms with E-state index in [2.05, 4.69) is 48.5 Å². The topological polar surface area (TPSA) is 98.8 Å². The second-order valence-electron chi connectivity index (χ2n) is 8.78. The number of para-hydroxylation sites is 1. The average Bonchev–Trinajstić information content (AvgIpc) is 2.78. The van der Waals surface area contributed by atoms with E-state index in [1.54, 1.807) is 6.07 Å². The number of hydrogen-bond donors (Lipinski definition) is 4. The summed E-state index contributed by atoms with van der Waals surface area (Å²) >= 11 is 0. The number of aliphatic hydroxyl groups is 1. The normalized spacial score (nSPS) is 20.7. The average molecular weight is 426 g/mol. The van der Waals surface area contributed by atoms with E-state index in [0.29, 0.717) is 23.9 Å². The monoisotopic (exact) mass is 425 g/mol. The fraction of sp³-hybridized carbons (Fsp3) is 0.480. The number of nitrogens with two attached hydrogens (primary N) is 1. The summed E-state index contributed by atoms with van der Waals surface area (Å²) in [5.74, 6) is 0.250. The van der Waals surface area contributed by atoms with Gasteiger partial charge in [0, 0.05) is 31.9 Å². The molecule has 0 saturated heterocycles. The summed E-state index contributed by atoms with van der Waals surface area (Å²) in [4.78, 5) is 13.8.